The van der Waals surface area contributed by atoms with Crippen molar-refractivity contribution >= 4 is 6.08 Å². The average Bonchev–Trinajstić information content (AvgIpc) is 2.45. The summed E-state index contributed by atoms with van der Waals surface area (Å²) in [6.07, 6.45) is 2.14. The molecule has 0 atom stereocenters. The standard InChI is InChI=1S/C16H25NO3/c1-11(2)13(10-17-3)7-12-8-15(19-5)16(20-6)9-14(12)18-4/h7-9,11,17H,10H2,1-6H3. The lowest BCUT2D eigenvalue weighted by Crippen LogP contribution is -2.14. The minimum atomic E-state index is 0.459. The summed E-state index contributed by atoms with van der Waals surface area (Å²) in [5.41, 5.74) is 2.29. The van der Waals surface area contributed by atoms with Crippen LogP contribution in [0.15, 0.2) is 17.7 Å². The summed E-state index contributed by atoms with van der Waals surface area (Å²) in [7, 11) is 6.86. The van der Waals surface area contributed by atoms with Gasteiger partial charge in [-0.05, 0) is 19.0 Å². The van der Waals surface area contributed by atoms with Gasteiger partial charge in [0.1, 0.15) is 5.75 Å². The van der Waals surface area contributed by atoms with Crippen LogP contribution in [0.25, 0.3) is 6.08 Å². The van der Waals surface area contributed by atoms with Gasteiger partial charge in [0, 0.05) is 18.2 Å². The van der Waals surface area contributed by atoms with Gasteiger partial charge in [-0.15, -0.1) is 0 Å². The second-order valence-electron chi connectivity index (χ2n) is 4.85. The van der Waals surface area contributed by atoms with Gasteiger partial charge in [0.2, 0.25) is 0 Å². The van der Waals surface area contributed by atoms with Crippen molar-refractivity contribution in [2.75, 3.05) is 34.9 Å². The Kier molecular flexibility index (Phi) is 6.39. The van der Waals surface area contributed by atoms with Gasteiger partial charge < -0.3 is 19.5 Å². The van der Waals surface area contributed by atoms with E-state index in [1.807, 2.05) is 19.2 Å². The van der Waals surface area contributed by atoms with Gasteiger partial charge >= 0.3 is 0 Å². The van der Waals surface area contributed by atoms with Crippen LogP contribution in [0.1, 0.15) is 19.4 Å². The highest BCUT2D eigenvalue weighted by molar-refractivity contribution is 5.65. The lowest BCUT2D eigenvalue weighted by atomic mass is 9.99. The predicted molar refractivity (Wildman–Crippen MR) is 82.8 cm³/mol. The van der Waals surface area contributed by atoms with Gasteiger partial charge in [0.05, 0.1) is 21.3 Å². The quantitative estimate of drug-likeness (QED) is 0.833. The maximum atomic E-state index is 5.45. The van der Waals surface area contributed by atoms with E-state index < -0.39 is 0 Å². The molecule has 1 aromatic rings. The molecule has 0 aliphatic rings. The minimum Gasteiger partial charge on any atom is -0.496 e. The molecule has 20 heavy (non-hydrogen) atoms. The van der Waals surface area contributed by atoms with E-state index in [0.29, 0.717) is 17.4 Å². The Morgan fingerprint density at radius 3 is 2.05 bits per heavy atom. The molecule has 4 nitrogen and oxygen atoms in total. The van der Waals surface area contributed by atoms with E-state index in [2.05, 4.69) is 25.2 Å². The van der Waals surface area contributed by atoms with Gasteiger partial charge in [-0.3, -0.25) is 0 Å². The molecular formula is C16H25NO3. The third-order valence-electron chi connectivity index (χ3n) is 3.20. The SMILES string of the molecule is CNCC(=Cc1cc(OC)c(OC)cc1OC)C(C)C. The van der Waals surface area contributed by atoms with Gasteiger partial charge in [-0.25, -0.2) is 0 Å². The third-order valence-corrected chi connectivity index (χ3v) is 3.20. The van der Waals surface area contributed by atoms with E-state index in [1.54, 1.807) is 21.3 Å². The van der Waals surface area contributed by atoms with E-state index in [1.165, 1.54) is 5.57 Å². The van der Waals surface area contributed by atoms with E-state index in [0.717, 1.165) is 17.9 Å². The molecule has 0 radical (unpaired) electrons. The van der Waals surface area contributed by atoms with Crippen molar-refractivity contribution in [3.63, 3.8) is 0 Å². The molecule has 0 fully saturated rings. The molecule has 0 bridgehead atoms. The first-order valence-electron chi connectivity index (χ1n) is 6.72. The molecule has 0 aromatic heterocycles. The smallest absolute Gasteiger partial charge is 0.164 e. The van der Waals surface area contributed by atoms with Crippen LogP contribution < -0.4 is 19.5 Å². The van der Waals surface area contributed by atoms with Crippen molar-refractivity contribution in [2.45, 2.75) is 13.8 Å². The van der Waals surface area contributed by atoms with E-state index in [4.69, 9.17) is 14.2 Å². The molecule has 1 N–H and O–H groups in total. The Morgan fingerprint density at radius 1 is 1.05 bits per heavy atom. The van der Waals surface area contributed by atoms with Crippen LogP contribution in [0.4, 0.5) is 0 Å². The van der Waals surface area contributed by atoms with Crippen LogP contribution in [-0.2, 0) is 0 Å². The number of hydrogen-bond donors (Lipinski definition) is 1. The molecule has 0 saturated heterocycles. The Labute approximate surface area is 121 Å². The molecule has 1 rings (SSSR count). The number of methoxy groups -OCH3 is 3. The number of rotatable bonds is 7. The zero-order valence-corrected chi connectivity index (χ0v) is 13.2. The maximum Gasteiger partial charge on any atom is 0.164 e. The molecule has 0 unspecified atom stereocenters. The molecule has 1 aromatic carbocycles. The zero-order chi connectivity index (χ0) is 15.1. The molecule has 4 heteroatoms. The molecule has 0 spiro atoms. The van der Waals surface area contributed by atoms with Crippen LogP contribution in [-0.4, -0.2) is 34.9 Å². The van der Waals surface area contributed by atoms with Crippen LogP contribution in [0, 0.1) is 5.92 Å². The number of benzene rings is 1. The Balaban J connectivity index is 3.31. The van der Waals surface area contributed by atoms with E-state index in [9.17, 15) is 0 Å². The topological polar surface area (TPSA) is 39.7 Å². The first kappa shape index (κ1) is 16.4. The Morgan fingerprint density at radius 2 is 1.60 bits per heavy atom. The highest BCUT2D eigenvalue weighted by atomic mass is 16.5. The van der Waals surface area contributed by atoms with E-state index in [-0.39, 0.29) is 0 Å². The zero-order valence-electron chi connectivity index (χ0n) is 13.2. The summed E-state index contributed by atoms with van der Waals surface area (Å²) in [5.74, 6) is 2.60. The number of nitrogens with one attached hydrogen (secondary N) is 1. The van der Waals surface area contributed by atoms with Crippen molar-refractivity contribution in [3.05, 3.63) is 23.3 Å². The normalized spacial score (nSPS) is 11.7. The van der Waals surface area contributed by atoms with Crippen molar-refractivity contribution < 1.29 is 14.2 Å². The van der Waals surface area contributed by atoms with Crippen molar-refractivity contribution in [3.8, 4) is 17.2 Å². The second kappa shape index (κ2) is 7.80. The van der Waals surface area contributed by atoms with Gasteiger partial charge in [-0.2, -0.15) is 0 Å². The fraction of sp³-hybridized carbons (Fsp3) is 0.500. The summed E-state index contributed by atoms with van der Waals surface area (Å²) in [5, 5.41) is 3.19. The fourth-order valence-electron chi connectivity index (χ4n) is 1.99. The average molecular weight is 279 g/mol. The maximum absolute atomic E-state index is 5.45. The Bertz CT molecular complexity index is 467. The highest BCUT2D eigenvalue weighted by Crippen LogP contribution is 2.36. The molecule has 0 aliphatic carbocycles. The molecule has 0 aliphatic heterocycles. The molecule has 0 amide bonds. The van der Waals surface area contributed by atoms with Gasteiger partial charge in [0.15, 0.2) is 11.5 Å². The van der Waals surface area contributed by atoms with Crippen LogP contribution in [0.2, 0.25) is 0 Å². The molecular weight excluding hydrogens is 254 g/mol. The summed E-state index contributed by atoms with van der Waals surface area (Å²) in [6, 6.07) is 3.79. The summed E-state index contributed by atoms with van der Waals surface area (Å²) in [6.45, 7) is 5.20. The van der Waals surface area contributed by atoms with Crippen LogP contribution in [0.5, 0.6) is 17.2 Å². The van der Waals surface area contributed by atoms with Crippen molar-refractivity contribution in [2.24, 2.45) is 5.92 Å². The van der Waals surface area contributed by atoms with Crippen LogP contribution >= 0.6 is 0 Å². The monoisotopic (exact) mass is 279 g/mol. The van der Waals surface area contributed by atoms with Gasteiger partial charge in [-0.1, -0.05) is 25.5 Å². The predicted octanol–water partition coefficient (Wildman–Crippen LogP) is 2.97. The lowest BCUT2D eigenvalue weighted by molar-refractivity contribution is 0.348. The summed E-state index contributed by atoms with van der Waals surface area (Å²) < 4.78 is 16.1. The third kappa shape index (κ3) is 3.90. The number of ether oxygens (including phenoxy) is 3. The number of likely N-dealkylation sites (N-methyl/N-ethyl adjacent to an activating group) is 1. The minimum absolute atomic E-state index is 0.459. The Hall–Kier alpha value is -1.68. The lowest BCUT2D eigenvalue weighted by Gasteiger charge is -2.15. The first-order chi connectivity index (χ1) is 9.57. The largest absolute Gasteiger partial charge is 0.496 e. The molecule has 0 heterocycles. The highest BCUT2D eigenvalue weighted by Gasteiger charge is 2.12. The van der Waals surface area contributed by atoms with E-state index >= 15 is 0 Å². The summed E-state index contributed by atoms with van der Waals surface area (Å²) >= 11 is 0. The molecule has 0 saturated carbocycles. The fourth-order valence-corrected chi connectivity index (χ4v) is 1.99. The number of hydrogen-bond acceptors (Lipinski definition) is 4. The second-order valence-corrected chi connectivity index (χ2v) is 4.85. The van der Waals surface area contributed by atoms with Crippen molar-refractivity contribution in [1.29, 1.82) is 0 Å². The van der Waals surface area contributed by atoms with Crippen molar-refractivity contribution in [1.82, 2.24) is 5.32 Å². The molecule has 112 valence electrons. The first-order valence-corrected chi connectivity index (χ1v) is 6.72. The summed E-state index contributed by atoms with van der Waals surface area (Å²) in [4.78, 5) is 0. The van der Waals surface area contributed by atoms with Crippen LogP contribution in [0.3, 0.4) is 0 Å². The van der Waals surface area contributed by atoms with Gasteiger partial charge in [0.25, 0.3) is 0 Å².